The number of phenolic OH excluding ortho intramolecular Hbond substituents is 1. The van der Waals surface area contributed by atoms with E-state index in [0.29, 0.717) is 5.75 Å². The van der Waals surface area contributed by atoms with E-state index < -0.39 is 0 Å². The van der Waals surface area contributed by atoms with Crippen LogP contribution in [0.25, 0.3) is 22.3 Å². The highest BCUT2D eigenvalue weighted by molar-refractivity contribution is 5.90. The average molecular weight is 359 g/mol. The summed E-state index contributed by atoms with van der Waals surface area (Å²) < 4.78 is 0. The Balaban J connectivity index is 2.44. The molecule has 3 rings (SSSR count). The summed E-state index contributed by atoms with van der Waals surface area (Å²) in [4.78, 5) is 0. The van der Waals surface area contributed by atoms with Gasteiger partial charge in [-0.05, 0) is 44.7 Å². The number of benzene rings is 3. The van der Waals surface area contributed by atoms with Crippen molar-refractivity contribution in [1.82, 2.24) is 0 Å². The average Bonchev–Trinajstić information content (AvgIpc) is 2.60. The second-order valence-corrected chi connectivity index (χ2v) is 9.29. The summed E-state index contributed by atoms with van der Waals surface area (Å²) in [5.41, 5.74) is 6.88. The summed E-state index contributed by atoms with van der Waals surface area (Å²) in [6, 6.07) is 22.7. The highest BCUT2D eigenvalue weighted by Gasteiger charge is 2.28. The summed E-state index contributed by atoms with van der Waals surface area (Å²) in [7, 11) is 0. The van der Waals surface area contributed by atoms with Gasteiger partial charge in [0.05, 0.1) is 0 Å². The lowest BCUT2D eigenvalue weighted by Crippen LogP contribution is -2.19. The molecule has 0 bridgehead atoms. The largest absolute Gasteiger partial charge is 0.507 e. The molecule has 0 amide bonds. The highest BCUT2D eigenvalue weighted by Crippen LogP contribution is 2.46. The lowest BCUT2D eigenvalue weighted by Gasteiger charge is -2.31. The number of rotatable bonds is 2. The Morgan fingerprint density at radius 3 is 1.59 bits per heavy atom. The highest BCUT2D eigenvalue weighted by atomic mass is 16.3. The lowest BCUT2D eigenvalue weighted by atomic mass is 9.73. The van der Waals surface area contributed by atoms with Crippen LogP contribution in [0.15, 0.2) is 66.7 Å². The van der Waals surface area contributed by atoms with E-state index in [2.05, 4.69) is 77.9 Å². The fraction of sp³-hybridized carbons (Fsp3) is 0.308. The fourth-order valence-corrected chi connectivity index (χ4v) is 3.75. The van der Waals surface area contributed by atoms with E-state index in [1.807, 2.05) is 24.3 Å². The third-order valence-corrected chi connectivity index (χ3v) is 5.05. The van der Waals surface area contributed by atoms with Crippen LogP contribution in [0.1, 0.15) is 52.7 Å². The second-order valence-electron chi connectivity index (χ2n) is 9.29. The Hall–Kier alpha value is -2.54. The van der Waals surface area contributed by atoms with Gasteiger partial charge in [0.1, 0.15) is 5.75 Å². The van der Waals surface area contributed by atoms with Crippen molar-refractivity contribution in [2.75, 3.05) is 0 Å². The maximum absolute atomic E-state index is 10.8. The van der Waals surface area contributed by atoms with Gasteiger partial charge in [-0.3, -0.25) is 0 Å². The molecule has 3 aromatic carbocycles. The molecule has 1 heteroatoms. The Morgan fingerprint density at radius 2 is 1.07 bits per heavy atom. The molecule has 0 spiro atoms. The molecule has 3 aromatic rings. The van der Waals surface area contributed by atoms with Gasteiger partial charge in [0.2, 0.25) is 0 Å². The van der Waals surface area contributed by atoms with E-state index >= 15 is 0 Å². The van der Waals surface area contributed by atoms with Gasteiger partial charge >= 0.3 is 0 Å². The van der Waals surface area contributed by atoms with Crippen molar-refractivity contribution in [2.45, 2.75) is 52.4 Å². The van der Waals surface area contributed by atoms with Gasteiger partial charge in [0.25, 0.3) is 0 Å². The Bertz CT molecular complexity index is 906. The molecule has 0 aliphatic carbocycles. The minimum atomic E-state index is -0.00396. The summed E-state index contributed by atoms with van der Waals surface area (Å²) in [6.45, 7) is 13.5. The van der Waals surface area contributed by atoms with Crippen molar-refractivity contribution in [3.05, 3.63) is 77.9 Å². The van der Waals surface area contributed by atoms with E-state index in [1.54, 1.807) is 6.07 Å². The minimum Gasteiger partial charge on any atom is -0.507 e. The summed E-state index contributed by atoms with van der Waals surface area (Å²) >= 11 is 0. The Kier molecular flexibility index (Phi) is 4.90. The van der Waals surface area contributed by atoms with E-state index in [0.717, 1.165) is 16.7 Å². The van der Waals surface area contributed by atoms with Crippen LogP contribution in [0.5, 0.6) is 5.75 Å². The number of hydrogen-bond acceptors (Lipinski definition) is 1. The predicted octanol–water partition coefficient (Wildman–Crippen LogP) is 7.32. The molecule has 27 heavy (non-hydrogen) atoms. The molecule has 1 N–H and O–H groups in total. The molecule has 0 radical (unpaired) electrons. The first-order valence-corrected chi connectivity index (χ1v) is 9.62. The third-order valence-electron chi connectivity index (χ3n) is 5.05. The topological polar surface area (TPSA) is 20.2 Å². The summed E-state index contributed by atoms with van der Waals surface area (Å²) in [5, 5.41) is 10.8. The summed E-state index contributed by atoms with van der Waals surface area (Å²) in [6.07, 6.45) is 0. The fourth-order valence-electron chi connectivity index (χ4n) is 3.75. The number of aromatic hydroxyl groups is 1. The maximum atomic E-state index is 10.8. The number of phenols is 1. The Morgan fingerprint density at radius 1 is 0.556 bits per heavy atom. The van der Waals surface area contributed by atoms with Crippen molar-refractivity contribution in [1.29, 1.82) is 0 Å². The lowest BCUT2D eigenvalue weighted by molar-refractivity contribution is 0.477. The SMILES string of the molecule is CC(C)(C)c1cccc(C(C)(C)C)c1-c1cccc(O)c1-c1ccccc1. The molecule has 0 saturated heterocycles. The van der Waals surface area contributed by atoms with E-state index in [1.165, 1.54) is 16.7 Å². The first-order valence-electron chi connectivity index (χ1n) is 9.62. The van der Waals surface area contributed by atoms with E-state index in [4.69, 9.17) is 0 Å². The zero-order valence-corrected chi connectivity index (χ0v) is 17.3. The van der Waals surface area contributed by atoms with Crippen LogP contribution >= 0.6 is 0 Å². The molecule has 0 aromatic heterocycles. The van der Waals surface area contributed by atoms with Crippen LogP contribution in [0, 0.1) is 0 Å². The minimum absolute atomic E-state index is 0.00396. The number of hydrogen-bond donors (Lipinski definition) is 1. The molecule has 0 unspecified atom stereocenters. The normalized spacial score (nSPS) is 12.2. The molecule has 0 atom stereocenters. The van der Waals surface area contributed by atoms with Gasteiger partial charge in [0, 0.05) is 5.56 Å². The molecule has 140 valence electrons. The summed E-state index contributed by atoms with van der Waals surface area (Å²) in [5.74, 6) is 0.322. The van der Waals surface area contributed by atoms with Crippen LogP contribution < -0.4 is 0 Å². The molecule has 0 aliphatic rings. The van der Waals surface area contributed by atoms with Crippen molar-refractivity contribution in [2.24, 2.45) is 0 Å². The van der Waals surface area contributed by atoms with Gasteiger partial charge in [-0.1, -0.05) is 102 Å². The molecule has 0 aliphatic heterocycles. The van der Waals surface area contributed by atoms with Gasteiger partial charge < -0.3 is 5.11 Å². The molecule has 0 saturated carbocycles. The van der Waals surface area contributed by atoms with Gasteiger partial charge in [-0.2, -0.15) is 0 Å². The zero-order chi connectivity index (χ0) is 19.8. The van der Waals surface area contributed by atoms with Crippen LogP contribution in [-0.2, 0) is 10.8 Å². The van der Waals surface area contributed by atoms with Gasteiger partial charge in [-0.25, -0.2) is 0 Å². The zero-order valence-electron chi connectivity index (χ0n) is 17.3. The molecule has 0 heterocycles. The van der Waals surface area contributed by atoms with Crippen LogP contribution in [0.4, 0.5) is 0 Å². The van der Waals surface area contributed by atoms with Gasteiger partial charge in [-0.15, -0.1) is 0 Å². The predicted molar refractivity (Wildman–Crippen MR) is 116 cm³/mol. The molecular formula is C26H30O. The first-order chi connectivity index (χ1) is 12.6. The van der Waals surface area contributed by atoms with Crippen molar-refractivity contribution in [3.63, 3.8) is 0 Å². The van der Waals surface area contributed by atoms with Crippen molar-refractivity contribution >= 4 is 0 Å². The Labute approximate surface area is 163 Å². The van der Waals surface area contributed by atoms with Crippen LogP contribution in [-0.4, -0.2) is 5.11 Å². The molecule has 0 fully saturated rings. The quantitative estimate of drug-likeness (QED) is 0.509. The van der Waals surface area contributed by atoms with Crippen LogP contribution in [0.2, 0.25) is 0 Å². The van der Waals surface area contributed by atoms with Crippen LogP contribution in [0.3, 0.4) is 0 Å². The van der Waals surface area contributed by atoms with E-state index in [9.17, 15) is 5.11 Å². The second kappa shape index (κ2) is 6.88. The molecule has 1 nitrogen and oxygen atoms in total. The van der Waals surface area contributed by atoms with Crippen molar-refractivity contribution in [3.8, 4) is 28.0 Å². The van der Waals surface area contributed by atoms with E-state index in [-0.39, 0.29) is 10.8 Å². The maximum Gasteiger partial charge on any atom is 0.124 e. The van der Waals surface area contributed by atoms with Crippen molar-refractivity contribution < 1.29 is 5.11 Å². The smallest absolute Gasteiger partial charge is 0.124 e. The first kappa shape index (κ1) is 19.2. The monoisotopic (exact) mass is 358 g/mol. The molecular weight excluding hydrogens is 328 g/mol. The third kappa shape index (κ3) is 3.78. The van der Waals surface area contributed by atoms with Gasteiger partial charge in [0.15, 0.2) is 0 Å². The standard InChI is InChI=1S/C26H30O/c1-25(2,3)20-15-11-16-21(26(4,5)6)24(20)19-14-10-17-22(27)23(19)18-12-8-7-9-13-18/h7-17,27H,1-6H3.